The van der Waals surface area contributed by atoms with Crippen LogP contribution >= 0.6 is 0 Å². The van der Waals surface area contributed by atoms with Gasteiger partial charge in [-0.1, -0.05) is 26.2 Å². The molecule has 4 nitrogen and oxygen atoms in total. The molecule has 1 N–H and O–H groups in total. The molecule has 19 heavy (non-hydrogen) atoms. The lowest BCUT2D eigenvalue weighted by atomic mass is 9.82. The number of nitrogens with zero attached hydrogens (tertiary/aromatic N) is 1. The number of amides is 1. The molecule has 1 amide bonds. The Balaban J connectivity index is 1.92. The van der Waals surface area contributed by atoms with Crippen LogP contribution in [-0.4, -0.2) is 35.0 Å². The van der Waals surface area contributed by atoms with Gasteiger partial charge in [0.25, 0.3) is 0 Å². The Morgan fingerprint density at radius 1 is 1.21 bits per heavy atom. The van der Waals surface area contributed by atoms with Gasteiger partial charge in [0.2, 0.25) is 5.91 Å². The minimum Gasteiger partial charge on any atom is -0.481 e. The highest BCUT2D eigenvalue weighted by atomic mass is 16.4. The Kier molecular flexibility index (Phi) is 4.48. The van der Waals surface area contributed by atoms with Crippen LogP contribution < -0.4 is 0 Å². The molecule has 0 bridgehead atoms. The van der Waals surface area contributed by atoms with E-state index in [9.17, 15) is 14.7 Å². The summed E-state index contributed by atoms with van der Waals surface area (Å²) in [6.07, 6.45) is 6.75. The lowest BCUT2D eigenvalue weighted by molar-refractivity contribution is -0.153. The summed E-state index contributed by atoms with van der Waals surface area (Å²) in [6.45, 7) is 3.82. The molecule has 1 saturated heterocycles. The summed E-state index contributed by atoms with van der Waals surface area (Å²) in [5.41, 5.74) is -0.765. The van der Waals surface area contributed by atoms with Crippen molar-refractivity contribution in [2.45, 2.75) is 58.3 Å². The van der Waals surface area contributed by atoms with Crippen LogP contribution in [0.5, 0.6) is 0 Å². The maximum Gasteiger partial charge on any atom is 0.310 e. The van der Waals surface area contributed by atoms with Gasteiger partial charge in [0.1, 0.15) is 0 Å². The molecule has 2 aliphatic rings. The zero-order chi connectivity index (χ0) is 13.9. The molecule has 0 unspecified atom stereocenters. The molecule has 0 aromatic heterocycles. The quantitative estimate of drug-likeness (QED) is 0.852. The third-order valence-electron chi connectivity index (χ3n) is 5.05. The number of carbonyl (C=O) groups excluding carboxylic acids is 1. The molecule has 4 heteroatoms. The Morgan fingerprint density at radius 3 is 2.26 bits per heavy atom. The van der Waals surface area contributed by atoms with E-state index < -0.39 is 11.4 Å². The van der Waals surface area contributed by atoms with Gasteiger partial charge in [0, 0.05) is 19.5 Å². The van der Waals surface area contributed by atoms with Crippen LogP contribution in [0, 0.1) is 11.3 Å². The fourth-order valence-electron chi connectivity index (χ4n) is 3.51. The largest absolute Gasteiger partial charge is 0.481 e. The molecular formula is C15H25NO3. The number of carbonyl (C=O) groups is 2. The summed E-state index contributed by atoms with van der Waals surface area (Å²) in [7, 11) is 0. The van der Waals surface area contributed by atoms with E-state index >= 15 is 0 Å². The first kappa shape index (κ1) is 14.4. The SMILES string of the molecule is CCC1CCN(C(=O)CC2(C(=O)O)CCCC2)CC1. The van der Waals surface area contributed by atoms with Crippen molar-refractivity contribution in [2.75, 3.05) is 13.1 Å². The van der Waals surface area contributed by atoms with Crippen molar-refractivity contribution in [3.63, 3.8) is 0 Å². The summed E-state index contributed by atoms with van der Waals surface area (Å²) < 4.78 is 0. The van der Waals surface area contributed by atoms with Crippen molar-refractivity contribution in [1.29, 1.82) is 0 Å². The molecule has 108 valence electrons. The maximum atomic E-state index is 12.3. The molecule has 1 aliphatic carbocycles. The third-order valence-corrected chi connectivity index (χ3v) is 5.05. The highest BCUT2D eigenvalue weighted by Crippen LogP contribution is 2.42. The van der Waals surface area contributed by atoms with E-state index in [1.807, 2.05) is 4.90 Å². The molecule has 0 aromatic rings. The van der Waals surface area contributed by atoms with E-state index in [-0.39, 0.29) is 12.3 Å². The molecule has 0 radical (unpaired) electrons. The fourth-order valence-corrected chi connectivity index (χ4v) is 3.51. The zero-order valence-electron chi connectivity index (χ0n) is 11.9. The van der Waals surface area contributed by atoms with E-state index in [4.69, 9.17) is 0 Å². The van der Waals surface area contributed by atoms with Gasteiger partial charge in [-0.3, -0.25) is 9.59 Å². The van der Waals surface area contributed by atoms with Gasteiger partial charge in [-0.25, -0.2) is 0 Å². The molecule has 2 fully saturated rings. The van der Waals surface area contributed by atoms with Crippen molar-refractivity contribution < 1.29 is 14.7 Å². The summed E-state index contributed by atoms with van der Waals surface area (Å²) in [4.78, 5) is 25.7. The number of likely N-dealkylation sites (tertiary alicyclic amines) is 1. The van der Waals surface area contributed by atoms with Gasteiger partial charge in [0.05, 0.1) is 5.41 Å². The van der Waals surface area contributed by atoms with Gasteiger partial charge >= 0.3 is 5.97 Å². The number of hydrogen-bond acceptors (Lipinski definition) is 2. The van der Waals surface area contributed by atoms with Gasteiger partial charge in [0.15, 0.2) is 0 Å². The predicted octanol–water partition coefficient (Wildman–Crippen LogP) is 2.67. The van der Waals surface area contributed by atoms with Gasteiger partial charge < -0.3 is 10.0 Å². The number of rotatable bonds is 4. The van der Waals surface area contributed by atoms with Crippen LogP contribution in [0.25, 0.3) is 0 Å². The van der Waals surface area contributed by atoms with Crippen LogP contribution in [0.4, 0.5) is 0 Å². The van der Waals surface area contributed by atoms with Crippen molar-refractivity contribution in [2.24, 2.45) is 11.3 Å². The van der Waals surface area contributed by atoms with Crippen LogP contribution in [-0.2, 0) is 9.59 Å². The summed E-state index contributed by atoms with van der Waals surface area (Å²) >= 11 is 0. The molecule has 0 aromatic carbocycles. The molecule has 1 aliphatic heterocycles. The normalized spacial score (nSPS) is 23.5. The molecule has 2 rings (SSSR count). The number of piperidine rings is 1. The zero-order valence-corrected chi connectivity index (χ0v) is 11.9. The maximum absolute atomic E-state index is 12.3. The second-order valence-electron chi connectivity index (χ2n) is 6.20. The second-order valence-corrected chi connectivity index (χ2v) is 6.20. The van der Waals surface area contributed by atoms with Crippen molar-refractivity contribution in [1.82, 2.24) is 4.90 Å². The van der Waals surface area contributed by atoms with E-state index in [0.717, 1.165) is 44.7 Å². The first-order valence-electron chi connectivity index (χ1n) is 7.58. The molecule has 0 atom stereocenters. The lowest BCUT2D eigenvalue weighted by Gasteiger charge is -2.34. The minimum absolute atomic E-state index is 0.0545. The minimum atomic E-state index is -0.776. The van der Waals surface area contributed by atoms with Gasteiger partial charge in [-0.05, 0) is 31.6 Å². The van der Waals surface area contributed by atoms with Crippen LogP contribution in [0.2, 0.25) is 0 Å². The highest BCUT2D eigenvalue weighted by Gasteiger charge is 2.43. The molecule has 1 saturated carbocycles. The number of carboxylic acid groups (broad SMARTS) is 1. The summed E-state index contributed by atoms with van der Waals surface area (Å²) in [5.74, 6) is 0.0182. The Morgan fingerprint density at radius 2 is 1.79 bits per heavy atom. The molecular weight excluding hydrogens is 242 g/mol. The van der Waals surface area contributed by atoms with Crippen LogP contribution in [0.15, 0.2) is 0 Å². The molecule has 0 spiro atoms. The van der Waals surface area contributed by atoms with Crippen LogP contribution in [0.1, 0.15) is 58.3 Å². The first-order valence-corrected chi connectivity index (χ1v) is 7.58. The predicted molar refractivity (Wildman–Crippen MR) is 72.7 cm³/mol. The topological polar surface area (TPSA) is 57.6 Å². The second kappa shape index (κ2) is 5.93. The van der Waals surface area contributed by atoms with E-state index in [1.54, 1.807) is 0 Å². The monoisotopic (exact) mass is 267 g/mol. The van der Waals surface area contributed by atoms with Crippen molar-refractivity contribution in [3.8, 4) is 0 Å². The summed E-state index contributed by atoms with van der Waals surface area (Å²) in [5, 5.41) is 9.42. The van der Waals surface area contributed by atoms with Gasteiger partial charge in [-0.2, -0.15) is 0 Å². The van der Waals surface area contributed by atoms with E-state index in [2.05, 4.69) is 6.92 Å². The average Bonchev–Trinajstić information content (AvgIpc) is 2.88. The number of hydrogen-bond donors (Lipinski definition) is 1. The number of carboxylic acids is 1. The van der Waals surface area contributed by atoms with E-state index in [1.165, 1.54) is 6.42 Å². The Bertz CT molecular complexity index is 339. The van der Waals surface area contributed by atoms with Crippen LogP contribution in [0.3, 0.4) is 0 Å². The molecule has 1 heterocycles. The fraction of sp³-hybridized carbons (Fsp3) is 0.867. The third kappa shape index (κ3) is 3.10. The average molecular weight is 267 g/mol. The first-order chi connectivity index (χ1) is 9.07. The van der Waals surface area contributed by atoms with Gasteiger partial charge in [-0.15, -0.1) is 0 Å². The smallest absolute Gasteiger partial charge is 0.310 e. The van der Waals surface area contributed by atoms with E-state index in [0.29, 0.717) is 12.8 Å². The highest BCUT2D eigenvalue weighted by molar-refractivity contribution is 5.85. The summed E-state index contributed by atoms with van der Waals surface area (Å²) in [6, 6.07) is 0. The van der Waals surface area contributed by atoms with Crippen molar-refractivity contribution in [3.05, 3.63) is 0 Å². The Labute approximate surface area is 115 Å². The van der Waals surface area contributed by atoms with Crippen molar-refractivity contribution >= 4 is 11.9 Å². The lowest BCUT2D eigenvalue weighted by Crippen LogP contribution is -2.42. The number of aliphatic carboxylic acids is 1. The Hall–Kier alpha value is -1.06. The standard InChI is InChI=1S/C15H25NO3/c1-2-12-5-9-16(10-6-12)13(17)11-15(14(18)19)7-3-4-8-15/h12H,2-11H2,1H3,(H,18,19).